The van der Waals surface area contributed by atoms with Gasteiger partial charge in [0.2, 0.25) is 0 Å². The van der Waals surface area contributed by atoms with Gasteiger partial charge in [0.15, 0.2) is 0 Å². The van der Waals surface area contributed by atoms with E-state index in [9.17, 15) is 0 Å². The van der Waals surface area contributed by atoms with Gasteiger partial charge >= 0.3 is 0 Å². The summed E-state index contributed by atoms with van der Waals surface area (Å²) >= 11 is 0. The minimum Gasteiger partial charge on any atom is -0.456 e. The van der Waals surface area contributed by atoms with Crippen molar-refractivity contribution >= 4 is 65.0 Å². The maximum absolute atomic E-state index is 6.36. The maximum Gasteiger partial charge on any atom is 0.136 e. The molecule has 0 N–H and O–H groups in total. The van der Waals surface area contributed by atoms with Crippen LogP contribution in [0.2, 0.25) is 0 Å². The minimum absolute atomic E-state index is 0.912. The SMILES string of the molecule is c1ccc2cc(-c3cc(-c4c5ccccc5c(-c5ccc6c(c5)oc5ccccc56)c5ccccc45)c4ccccc4c3)ccc2c1. The fraction of sp³-hybridized carbons (Fsp3) is 0. The van der Waals surface area contributed by atoms with E-state index < -0.39 is 0 Å². The Labute approximate surface area is 271 Å². The first-order valence-electron chi connectivity index (χ1n) is 16.2. The molecular formula is C46H28O. The molecule has 0 saturated carbocycles. The molecule has 0 amide bonds. The number of rotatable bonds is 3. The molecule has 0 aliphatic rings. The second-order valence-corrected chi connectivity index (χ2v) is 12.5. The third-order valence-electron chi connectivity index (χ3n) is 9.81. The molecule has 1 aromatic heterocycles. The maximum atomic E-state index is 6.36. The summed E-state index contributed by atoms with van der Waals surface area (Å²) in [5, 5.41) is 12.2. The van der Waals surface area contributed by atoms with E-state index in [1.807, 2.05) is 12.1 Å². The van der Waals surface area contributed by atoms with Crippen molar-refractivity contribution in [1.82, 2.24) is 0 Å². The molecule has 0 bridgehead atoms. The summed E-state index contributed by atoms with van der Waals surface area (Å²) in [4.78, 5) is 0. The lowest BCUT2D eigenvalue weighted by Crippen LogP contribution is -1.92. The molecule has 0 aliphatic heterocycles. The Hall–Kier alpha value is -6.18. The Morgan fingerprint density at radius 2 is 0.809 bits per heavy atom. The molecule has 10 rings (SSSR count). The standard InChI is InChI=1S/C46H28O/c1-2-12-30-25-31(22-21-29(30)11-1)34-26-32-13-3-4-14-35(32)42(27-34)46-40-18-7-5-16-38(40)45(39-17-6-8-19-41(39)46)33-23-24-37-36-15-9-10-20-43(36)47-44(37)28-33/h1-28H. The summed E-state index contributed by atoms with van der Waals surface area (Å²) in [5.41, 5.74) is 9.18. The molecule has 1 nitrogen and oxygen atoms in total. The molecule has 0 spiro atoms. The van der Waals surface area contributed by atoms with E-state index in [2.05, 4.69) is 158 Å². The highest BCUT2D eigenvalue weighted by Crippen LogP contribution is 2.47. The van der Waals surface area contributed by atoms with E-state index in [1.54, 1.807) is 0 Å². The van der Waals surface area contributed by atoms with Gasteiger partial charge in [-0.1, -0.05) is 133 Å². The Bertz CT molecular complexity index is 2800. The largest absolute Gasteiger partial charge is 0.456 e. The van der Waals surface area contributed by atoms with Crippen LogP contribution in [0.5, 0.6) is 0 Å². The van der Waals surface area contributed by atoms with Gasteiger partial charge in [0, 0.05) is 10.8 Å². The summed E-state index contributed by atoms with van der Waals surface area (Å²) in [6, 6.07) is 61.7. The molecule has 0 radical (unpaired) electrons. The normalized spacial score (nSPS) is 11.8. The van der Waals surface area contributed by atoms with Crippen LogP contribution in [-0.2, 0) is 0 Å². The second-order valence-electron chi connectivity index (χ2n) is 12.5. The van der Waals surface area contributed by atoms with Gasteiger partial charge in [0.25, 0.3) is 0 Å². The van der Waals surface area contributed by atoms with E-state index in [1.165, 1.54) is 70.9 Å². The quantitative estimate of drug-likeness (QED) is 0.185. The van der Waals surface area contributed by atoms with E-state index >= 15 is 0 Å². The summed E-state index contributed by atoms with van der Waals surface area (Å²) < 4.78 is 6.36. The average Bonchev–Trinajstić information content (AvgIpc) is 3.51. The van der Waals surface area contributed by atoms with Gasteiger partial charge in [0.1, 0.15) is 11.2 Å². The van der Waals surface area contributed by atoms with Crippen LogP contribution in [0.15, 0.2) is 174 Å². The number of para-hydroxylation sites is 1. The highest BCUT2D eigenvalue weighted by molar-refractivity contribution is 6.24. The number of furan rings is 1. The second kappa shape index (κ2) is 10.2. The smallest absolute Gasteiger partial charge is 0.136 e. The van der Waals surface area contributed by atoms with Gasteiger partial charge in [-0.2, -0.15) is 0 Å². The lowest BCUT2D eigenvalue weighted by atomic mass is 9.83. The molecule has 1 heteroatoms. The zero-order valence-corrected chi connectivity index (χ0v) is 25.6. The summed E-state index contributed by atoms with van der Waals surface area (Å²) in [7, 11) is 0. The summed E-state index contributed by atoms with van der Waals surface area (Å²) in [6.45, 7) is 0. The van der Waals surface area contributed by atoms with E-state index in [4.69, 9.17) is 4.42 Å². The van der Waals surface area contributed by atoms with Crippen LogP contribution in [0.1, 0.15) is 0 Å². The Morgan fingerprint density at radius 1 is 0.277 bits per heavy atom. The van der Waals surface area contributed by atoms with Crippen molar-refractivity contribution in [3.8, 4) is 33.4 Å². The molecule has 47 heavy (non-hydrogen) atoms. The first-order chi connectivity index (χ1) is 23.3. The number of hydrogen-bond donors (Lipinski definition) is 0. The molecule has 0 atom stereocenters. The topological polar surface area (TPSA) is 13.1 Å². The van der Waals surface area contributed by atoms with E-state index in [0.29, 0.717) is 0 Å². The van der Waals surface area contributed by atoms with Gasteiger partial charge in [-0.25, -0.2) is 0 Å². The van der Waals surface area contributed by atoms with Gasteiger partial charge in [-0.3, -0.25) is 0 Å². The molecule has 9 aromatic carbocycles. The van der Waals surface area contributed by atoms with Crippen molar-refractivity contribution in [1.29, 1.82) is 0 Å². The predicted octanol–water partition coefficient (Wildman–Crippen LogP) is 13.2. The van der Waals surface area contributed by atoms with Crippen LogP contribution in [0.25, 0.3) is 98.4 Å². The zero-order chi connectivity index (χ0) is 30.9. The molecule has 0 saturated heterocycles. The molecule has 1 heterocycles. The monoisotopic (exact) mass is 596 g/mol. The van der Waals surface area contributed by atoms with E-state index in [-0.39, 0.29) is 0 Å². The Kier molecular flexibility index (Phi) is 5.64. The van der Waals surface area contributed by atoms with Gasteiger partial charge in [-0.15, -0.1) is 0 Å². The third kappa shape index (κ3) is 4.03. The fourth-order valence-corrected chi connectivity index (χ4v) is 7.66. The van der Waals surface area contributed by atoms with Gasteiger partial charge in [-0.05, 0) is 113 Å². The van der Waals surface area contributed by atoms with Crippen LogP contribution >= 0.6 is 0 Å². The van der Waals surface area contributed by atoms with Crippen molar-refractivity contribution in [3.63, 3.8) is 0 Å². The van der Waals surface area contributed by atoms with E-state index in [0.717, 1.165) is 27.5 Å². The first kappa shape index (κ1) is 26.1. The molecule has 218 valence electrons. The van der Waals surface area contributed by atoms with Crippen molar-refractivity contribution in [2.45, 2.75) is 0 Å². The summed E-state index contributed by atoms with van der Waals surface area (Å²) in [6.07, 6.45) is 0. The van der Waals surface area contributed by atoms with Crippen LogP contribution in [0.4, 0.5) is 0 Å². The van der Waals surface area contributed by atoms with Crippen molar-refractivity contribution in [2.24, 2.45) is 0 Å². The lowest BCUT2D eigenvalue weighted by Gasteiger charge is -2.19. The third-order valence-corrected chi connectivity index (χ3v) is 9.81. The van der Waals surface area contributed by atoms with Crippen LogP contribution in [-0.4, -0.2) is 0 Å². The highest BCUT2D eigenvalue weighted by Gasteiger charge is 2.19. The number of benzene rings is 9. The van der Waals surface area contributed by atoms with Gasteiger partial charge in [0.05, 0.1) is 0 Å². The zero-order valence-electron chi connectivity index (χ0n) is 25.6. The molecular weight excluding hydrogens is 569 g/mol. The van der Waals surface area contributed by atoms with Crippen molar-refractivity contribution in [2.75, 3.05) is 0 Å². The Balaban J connectivity index is 1.28. The number of fused-ring (bicyclic) bond motifs is 7. The fourth-order valence-electron chi connectivity index (χ4n) is 7.66. The molecule has 10 aromatic rings. The number of hydrogen-bond acceptors (Lipinski definition) is 1. The van der Waals surface area contributed by atoms with Gasteiger partial charge < -0.3 is 4.42 Å². The van der Waals surface area contributed by atoms with Crippen LogP contribution < -0.4 is 0 Å². The molecule has 0 aliphatic carbocycles. The summed E-state index contributed by atoms with van der Waals surface area (Å²) in [5.74, 6) is 0. The minimum atomic E-state index is 0.912. The highest BCUT2D eigenvalue weighted by atomic mass is 16.3. The van der Waals surface area contributed by atoms with Crippen molar-refractivity contribution < 1.29 is 4.42 Å². The average molecular weight is 597 g/mol. The predicted molar refractivity (Wildman–Crippen MR) is 200 cm³/mol. The van der Waals surface area contributed by atoms with Crippen molar-refractivity contribution in [3.05, 3.63) is 170 Å². The van der Waals surface area contributed by atoms with Crippen LogP contribution in [0, 0.1) is 0 Å². The molecule has 0 unspecified atom stereocenters. The first-order valence-corrected chi connectivity index (χ1v) is 16.2. The Morgan fingerprint density at radius 3 is 1.55 bits per heavy atom. The molecule has 0 fully saturated rings. The lowest BCUT2D eigenvalue weighted by molar-refractivity contribution is 0.669. The van der Waals surface area contributed by atoms with Crippen LogP contribution in [0.3, 0.4) is 0 Å².